The maximum Gasteiger partial charge on any atom is 0.0314 e. The fourth-order valence-corrected chi connectivity index (χ4v) is 4.10. The van der Waals surface area contributed by atoms with Crippen molar-refractivity contribution in [2.45, 2.75) is 57.8 Å². The predicted molar refractivity (Wildman–Crippen MR) is 90.5 cm³/mol. The lowest BCUT2D eigenvalue weighted by atomic mass is 9.74. The first-order valence-corrected chi connectivity index (χ1v) is 8.70. The lowest BCUT2D eigenvalue weighted by molar-refractivity contribution is 0.0889. The largest absolute Gasteiger partial charge is 0.399 e. The summed E-state index contributed by atoms with van der Waals surface area (Å²) in [6.07, 6.45) is 8.16. The smallest absolute Gasteiger partial charge is 0.0314 e. The summed E-state index contributed by atoms with van der Waals surface area (Å²) in [6.45, 7) is 8.57. The standard InChI is InChI=1S/C19H30N2/c1-3-18(4-2)11-13-21(14-12-18)15-19(9-10-19)16-5-7-17(20)8-6-16/h5-8H,3-4,9-15,20H2,1-2H3. The van der Waals surface area contributed by atoms with Gasteiger partial charge in [-0.2, -0.15) is 0 Å². The van der Waals surface area contributed by atoms with Gasteiger partial charge in [-0.05, 0) is 61.9 Å². The van der Waals surface area contributed by atoms with Crippen LogP contribution in [-0.4, -0.2) is 24.5 Å². The van der Waals surface area contributed by atoms with Crippen LogP contribution >= 0.6 is 0 Å². The van der Waals surface area contributed by atoms with E-state index in [0.717, 1.165) is 5.69 Å². The van der Waals surface area contributed by atoms with Crippen molar-refractivity contribution in [2.75, 3.05) is 25.4 Å². The Balaban J connectivity index is 1.62. The van der Waals surface area contributed by atoms with Gasteiger partial charge in [0, 0.05) is 17.6 Å². The fourth-order valence-electron chi connectivity index (χ4n) is 4.10. The number of likely N-dealkylation sites (tertiary alicyclic amines) is 1. The lowest BCUT2D eigenvalue weighted by Crippen LogP contribution is -2.43. The number of rotatable bonds is 5. The summed E-state index contributed by atoms with van der Waals surface area (Å²) >= 11 is 0. The van der Waals surface area contributed by atoms with E-state index in [2.05, 4.69) is 43.0 Å². The van der Waals surface area contributed by atoms with Crippen LogP contribution in [-0.2, 0) is 5.41 Å². The molecule has 1 aromatic rings. The maximum atomic E-state index is 5.82. The number of nitrogens with zero attached hydrogens (tertiary/aromatic N) is 1. The molecule has 21 heavy (non-hydrogen) atoms. The summed E-state index contributed by atoms with van der Waals surface area (Å²) in [7, 11) is 0. The monoisotopic (exact) mass is 286 g/mol. The number of benzene rings is 1. The summed E-state index contributed by atoms with van der Waals surface area (Å²) < 4.78 is 0. The summed E-state index contributed by atoms with van der Waals surface area (Å²) in [5.41, 5.74) is 9.27. The molecule has 2 heteroatoms. The zero-order valence-electron chi connectivity index (χ0n) is 13.7. The molecular weight excluding hydrogens is 256 g/mol. The van der Waals surface area contributed by atoms with Crippen LogP contribution in [0.15, 0.2) is 24.3 Å². The Labute approximate surface area is 129 Å². The summed E-state index contributed by atoms with van der Waals surface area (Å²) in [5, 5.41) is 0. The average Bonchev–Trinajstić information content (AvgIpc) is 3.30. The van der Waals surface area contributed by atoms with Gasteiger partial charge < -0.3 is 10.6 Å². The first-order valence-electron chi connectivity index (χ1n) is 8.70. The molecule has 1 saturated carbocycles. The predicted octanol–water partition coefficient (Wildman–Crippen LogP) is 4.20. The lowest BCUT2D eigenvalue weighted by Gasteiger charge is -2.42. The quantitative estimate of drug-likeness (QED) is 0.822. The van der Waals surface area contributed by atoms with Crippen LogP contribution in [0, 0.1) is 5.41 Å². The van der Waals surface area contributed by atoms with Crippen LogP contribution in [0.4, 0.5) is 5.69 Å². The second kappa shape index (κ2) is 5.64. The van der Waals surface area contributed by atoms with Crippen LogP contribution in [0.25, 0.3) is 0 Å². The van der Waals surface area contributed by atoms with Gasteiger partial charge in [-0.3, -0.25) is 0 Å². The number of anilines is 1. The van der Waals surface area contributed by atoms with Gasteiger partial charge in [0.2, 0.25) is 0 Å². The van der Waals surface area contributed by atoms with Crippen molar-refractivity contribution in [3.63, 3.8) is 0 Å². The maximum absolute atomic E-state index is 5.82. The van der Waals surface area contributed by atoms with E-state index in [4.69, 9.17) is 5.73 Å². The molecule has 1 aromatic carbocycles. The molecule has 0 aromatic heterocycles. The third-order valence-corrected chi connectivity index (χ3v) is 6.32. The third kappa shape index (κ3) is 2.96. The van der Waals surface area contributed by atoms with Crippen LogP contribution in [0.2, 0.25) is 0 Å². The van der Waals surface area contributed by atoms with Gasteiger partial charge in [-0.25, -0.2) is 0 Å². The van der Waals surface area contributed by atoms with Gasteiger partial charge in [0.25, 0.3) is 0 Å². The molecule has 1 aliphatic carbocycles. The summed E-state index contributed by atoms with van der Waals surface area (Å²) in [5.74, 6) is 0. The van der Waals surface area contributed by atoms with E-state index in [1.165, 1.54) is 63.7 Å². The minimum absolute atomic E-state index is 0.437. The van der Waals surface area contributed by atoms with E-state index < -0.39 is 0 Å². The van der Waals surface area contributed by atoms with Gasteiger partial charge in [0.1, 0.15) is 0 Å². The van der Waals surface area contributed by atoms with Crippen molar-refractivity contribution < 1.29 is 0 Å². The second-order valence-corrected chi connectivity index (χ2v) is 7.39. The topological polar surface area (TPSA) is 29.3 Å². The van der Waals surface area contributed by atoms with Crippen molar-refractivity contribution in [1.29, 1.82) is 0 Å². The van der Waals surface area contributed by atoms with Crippen molar-refractivity contribution in [3.8, 4) is 0 Å². The molecule has 2 N–H and O–H groups in total. The molecule has 1 heterocycles. The number of hydrogen-bond acceptors (Lipinski definition) is 2. The number of piperidine rings is 1. The van der Waals surface area contributed by atoms with Crippen LogP contribution in [0.5, 0.6) is 0 Å². The normalized spacial score (nSPS) is 23.9. The fraction of sp³-hybridized carbons (Fsp3) is 0.684. The van der Waals surface area contributed by atoms with Crippen LogP contribution in [0.1, 0.15) is 57.9 Å². The molecule has 2 aliphatic rings. The van der Waals surface area contributed by atoms with Crippen LogP contribution < -0.4 is 5.73 Å². The SMILES string of the molecule is CCC1(CC)CCN(CC2(c3ccc(N)cc3)CC2)CC1. The summed E-state index contributed by atoms with van der Waals surface area (Å²) in [4.78, 5) is 2.72. The molecule has 0 unspecified atom stereocenters. The Hall–Kier alpha value is -1.02. The molecule has 2 nitrogen and oxygen atoms in total. The minimum atomic E-state index is 0.437. The zero-order valence-corrected chi connectivity index (χ0v) is 13.7. The van der Waals surface area contributed by atoms with Crippen LogP contribution in [0.3, 0.4) is 0 Å². The molecule has 3 rings (SSSR count). The van der Waals surface area contributed by atoms with E-state index in [1.54, 1.807) is 0 Å². The van der Waals surface area contributed by atoms with Gasteiger partial charge in [-0.15, -0.1) is 0 Å². The third-order valence-electron chi connectivity index (χ3n) is 6.32. The van der Waals surface area contributed by atoms with Gasteiger partial charge in [-0.1, -0.05) is 38.8 Å². The highest BCUT2D eigenvalue weighted by molar-refractivity contribution is 5.43. The molecule has 0 spiro atoms. The second-order valence-electron chi connectivity index (χ2n) is 7.39. The van der Waals surface area contributed by atoms with E-state index in [9.17, 15) is 0 Å². The Bertz CT molecular complexity index is 459. The van der Waals surface area contributed by atoms with Gasteiger partial charge >= 0.3 is 0 Å². The zero-order chi connectivity index (χ0) is 14.9. The van der Waals surface area contributed by atoms with Gasteiger partial charge in [0.15, 0.2) is 0 Å². The van der Waals surface area contributed by atoms with Crippen molar-refractivity contribution >= 4 is 5.69 Å². The molecule has 0 amide bonds. The first kappa shape index (κ1) is 14.9. The van der Waals surface area contributed by atoms with Gasteiger partial charge in [0.05, 0.1) is 0 Å². The first-order chi connectivity index (χ1) is 10.1. The molecule has 1 aliphatic heterocycles. The number of nitrogens with two attached hydrogens (primary N) is 1. The Morgan fingerprint density at radius 2 is 1.52 bits per heavy atom. The summed E-state index contributed by atoms with van der Waals surface area (Å²) in [6, 6.07) is 8.61. The van der Waals surface area contributed by atoms with E-state index in [-0.39, 0.29) is 0 Å². The highest BCUT2D eigenvalue weighted by Gasteiger charge is 2.46. The van der Waals surface area contributed by atoms with E-state index in [1.807, 2.05) is 0 Å². The number of nitrogen functional groups attached to an aromatic ring is 1. The highest BCUT2D eigenvalue weighted by Crippen LogP contribution is 2.49. The molecular formula is C19H30N2. The average molecular weight is 286 g/mol. The highest BCUT2D eigenvalue weighted by atomic mass is 15.1. The molecule has 0 bridgehead atoms. The molecule has 0 radical (unpaired) electrons. The Morgan fingerprint density at radius 3 is 2.00 bits per heavy atom. The van der Waals surface area contributed by atoms with Crippen molar-refractivity contribution in [2.24, 2.45) is 5.41 Å². The Kier molecular flexibility index (Phi) is 4.00. The molecule has 116 valence electrons. The minimum Gasteiger partial charge on any atom is -0.399 e. The Morgan fingerprint density at radius 1 is 0.952 bits per heavy atom. The number of hydrogen-bond donors (Lipinski definition) is 1. The van der Waals surface area contributed by atoms with Crippen molar-refractivity contribution in [3.05, 3.63) is 29.8 Å². The van der Waals surface area contributed by atoms with E-state index in [0.29, 0.717) is 10.8 Å². The molecule has 1 saturated heterocycles. The van der Waals surface area contributed by atoms with Crippen molar-refractivity contribution in [1.82, 2.24) is 4.90 Å². The molecule has 0 atom stereocenters. The molecule has 2 fully saturated rings. The van der Waals surface area contributed by atoms with E-state index >= 15 is 0 Å².